The molecular weight excluding hydrogens is 223 g/mol. The van der Waals surface area contributed by atoms with Crippen LogP contribution < -0.4 is 11.1 Å². The van der Waals surface area contributed by atoms with E-state index in [1.165, 1.54) is 4.57 Å². The number of nitrogens with zero attached hydrogens (tertiary/aromatic N) is 1. The number of nitrogens with one attached hydrogen (secondary N) is 1. The lowest BCUT2D eigenvalue weighted by atomic mass is 10.4. The van der Waals surface area contributed by atoms with Gasteiger partial charge in [0.15, 0.2) is 0 Å². The Bertz CT molecular complexity index is 359. The first-order chi connectivity index (χ1) is 7.42. The molecule has 0 aromatic carbocycles. The van der Waals surface area contributed by atoms with E-state index in [1.807, 2.05) is 0 Å². The number of carbonyl (C=O) groups excluding carboxylic acids is 1. The smallest absolute Gasteiger partial charge is 0.345 e. The van der Waals surface area contributed by atoms with Crippen LogP contribution in [0.3, 0.4) is 0 Å². The van der Waals surface area contributed by atoms with Crippen LogP contribution >= 0.6 is 0 Å². The van der Waals surface area contributed by atoms with Gasteiger partial charge in [0.1, 0.15) is 13.1 Å². The third kappa shape index (κ3) is 3.93. The van der Waals surface area contributed by atoms with E-state index in [1.54, 1.807) is 23.6 Å². The topological polar surface area (TPSA) is 60.0 Å². The molecule has 0 saturated heterocycles. The molecule has 1 amide bonds. The Morgan fingerprint density at radius 1 is 1.50 bits per heavy atom. The summed E-state index contributed by atoms with van der Waals surface area (Å²) in [5.41, 5.74) is 6.08. The van der Waals surface area contributed by atoms with Crippen molar-refractivity contribution in [3.8, 4) is 0 Å². The maximum Gasteiger partial charge on any atom is 0.405 e. The third-order valence-electron chi connectivity index (χ3n) is 1.93. The van der Waals surface area contributed by atoms with Crippen molar-refractivity contribution in [1.82, 2.24) is 9.88 Å². The van der Waals surface area contributed by atoms with E-state index < -0.39 is 18.6 Å². The number of rotatable bonds is 4. The number of halogens is 3. The van der Waals surface area contributed by atoms with Crippen LogP contribution in [0.4, 0.5) is 13.2 Å². The molecule has 0 fully saturated rings. The number of alkyl halides is 3. The zero-order valence-electron chi connectivity index (χ0n) is 8.42. The van der Waals surface area contributed by atoms with Gasteiger partial charge in [0.05, 0.1) is 0 Å². The Hall–Kier alpha value is -1.50. The van der Waals surface area contributed by atoms with E-state index >= 15 is 0 Å². The van der Waals surface area contributed by atoms with Gasteiger partial charge in [0.2, 0.25) is 5.91 Å². The molecule has 1 rings (SSSR count). The van der Waals surface area contributed by atoms with Crippen molar-refractivity contribution in [2.45, 2.75) is 19.3 Å². The second-order valence-corrected chi connectivity index (χ2v) is 3.22. The molecule has 0 spiro atoms. The van der Waals surface area contributed by atoms with Crippen molar-refractivity contribution < 1.29 is 18.0 Å². The largest absolute Gasteiger partial charge is 0.405 e. The standard InChI is InChI=1S/C9H12F3N3O/c10-9(11,12)6-14-8(16)5-15-3-1-2-7(15)4-13/h1-3H,4-6,13H2,(H,14,16). The Balaban J connectivity index is 2.46. The summed E-state index contributed by atoms with van der Waals surface area (Å²) in [6.07, 6.45) is -2.79. The molecule has 3 N–H and O–H groups in total. The maximum atomic E-state index is 11.8. The van der Waals surface area contributed by atoms with Crippen molar-refractivity contribution in [2.75, 3.05) is 6.54 Å². The Morgan fingerprint density at radius 2 is 2.19 bits per heavy atom. The zero-order chi connectivity index (χ0) is 12.2. The number of nitrogens with two attached hydrogens (primary N) is 1. The molecule has 0 bridgehead atoms. The number of hydrogen-bond acceptors (Lipinski definition) is 2. The number of amides is 1. The molecule has 0 unspecified atom stereocenters. The van der Waals surface area contributed by atoms with E-state index in [0.29, 0.717) is 5.69 Å². The van der Waals surface area contributed by atoms with Crippen LogP contribution in [-0.2, 0) is 17.9 Å². The third-order valence-corrected chi connectivity index (χ3v) is 1.93. The van der Waals surface area contributed by atoms with Gasteiger partial charge >= 0.3 is 6.18 Å². The second kappa shape index (κ2) is 5.02. The minimum atomic E-state index is -4.39. The molecule has 16 heavy (non-hydrogen) atoms. The number of aromatic nitrogens is 1. The van der Waals surface area contributed by atoms with Crippen LogP contribution in [-0.4, -0.2) is 23.2 Å². The van der Waals surface area contributed by atoms with Crippen LogP contribution in [0.1, 0.15) is 5.69 Å². The Kier molecular flexibility index (Phi) is 3.94. The first kappa shape index (κ1) is 12.6. The molecule has 0 saturated carbocycles. The Morgan fingerprint density at radius 3 is 2.75 bits per heavy atom. The van der Waals surface area contributed by atoms with Gasteiger partial charge in [-0.25, -0.2) is 0 Å². The molecule has 0 atom stereocenters. The van der Waals surface area contributed by atoms with Crippen molar-refractivity contribution in [3.05, 3.63) is 24.0 Å². The molecule has 1 aromatic heterocycles. The number of carbonyl (C=O) groups is 1. The van der Waals surface area contributed by atoms with Gasteiger partial charge in [-0.15, -0.1) is 0 Å². The molecule has 4 nitrogen and oxygen atoms in total. The quantitative estimate of drug-likeness (QED) is 0.804. The van der Waals surface area contributed by atoms with Gasteiger partial charge in [-0.1, -0.05) is 0 Å². The minimum Gasteiger partial charge on any atom is -0.345 e. The summed E-state index contributed by atoms with van der Waals surface area (Å²) in [5.74, 6) is -0.691. The molecule has 0 aliphatic rings. The van der Waals surface area contributed by atoms with Crippen molar-refractivity contribution in [1.29, 1.82) is 0 Å². The Labute approximate surface area is 90.2 Å². The highest BCUT2D eigenvalue weighted by molar-refractivity contribution is 5.75. The van der Waals surface area contributed by atoms with E-state index in [-0.39, 0.29) is 13.1 Å². The van der Waals surface area contributed by atoms with E-state index in [0.717, 1.165) is 0 Å². The average Bonchev–Trinajstić information content (AvgIpc) is 2.61. The first-order valence-electron chi connectivity index (χ1n) is 4.60. The summed E-state index contributed by atoms with van der Waals surface area (Å²) < 4.78 is 36.9. The molecule has 1 heterocycles. The van der Waals surface area contributed by atoms with E-state index in [9.17, 15) is 18.0 Å². The molecule has 0 aliphatic heterocycles. The van der Waals surface area contributed by atoms with Crippen LogP contribution in [0.5, 0.6) is 0 Å². The highest BCUT2D eigenvalue weighted by Gasteiger charge is 2.27. The summed E-state index contributed by atoms with van der Waals surface area (Å²) in [7, 11) is 0. The monoisotopic (exact) mass is 235 g/mol. The molecule has 0 radical (unpaired) electrons. The molecule has 1 aromatic rings. The normalized spacial score (nSPS) is 11.5. The second-order valence-electron chi connectivity index (χ2n) is 3.22. The van der Waals surface area contributed by atoms with Crippen molar-refractivity contribution >= 4 is 5.91 Å². The zero-order valence-corrected chi connectivity index (χ0v) is 8.42. The van der Waals surface area contributed by atoms with Gasteiger partial charge in [0, 0.05) is 18.4 Å². The van der Waals surface area contributed by atoms with Crippen LogP contribution in [0.15, 0.2) is 18.3 Å². The molecule has 7 heteroatoms. The van der Waals surface area contributed by atoms with Crippen LogP contribution in [0.2, 0.25) is 0 Å². The lowest BCUT2D eigenvalue weighted by Crippen LogP contribution is -2.36. The fraction of sp³-hybridized carbons (Fsp3) is 0.444. The average molecular weight is 235 g/mol. The maximum absolute atomic E-state index is 11.8. The summed E-state index contributed by atoms with van der Waals surface area (Å²) in [5, 5.41) is 1.79. The molecule has 0 aliphatic carbocycles. The summed E-state index contributed by atoms with van der Waals surface area (Å²) in [4.78, 5) is 11.2. The fourth-order valence-corrected chi connectivity index (χ4v) is 1.20. The van der Waals surface area contributed by atoms with E-state index in [4.69, 9.17) is 5.73 Å². The minimum absolute atomic E-state index is 0.157. The van der Waals surface area contributed by atoms with Crippen molar-refractivity contribution in [3.63, 3.8) is 0 Å². The van der Waals surface area contributed by atoms with Gasteiger partial charge < -0.3 is 15.6 Å². The number of hydrogen-bond donors (Lipinski definition) is 2. The van der Waals surface area contributed by atoms with Gasteiger partial charge in [-0.2, -0.15) is 13.2 Å². The SMILES string of the molecule is NCc1cccn1CC(=O)NCC(F)(F)F. The highest BCUT2D eigenvalue weighted by atomic mass is 19.4. The lowest BCUT2D eigenvalue weighted by molar-refractivity contribution is -0.138. The van der Waals surface area contributed by atoms with E-state index in [2.05, 4.69) is 0 Å². The summed E-state index contributed by atoms with van der Waals surface area (Å²) in [6, 6.07) is 3.39. The molecule has 90 valence electrons. The fourth-order valence-electron chi connectivity index (χ4n) is 1.20. The van der Waals surface area contributed by atoms with Crippen molar-refractivity contribution in [2.24, 2.45) is 5.73 Å². The van der Waals surface area contributed by atoms with Gasteiger partial charge in [-0.3, -0.25) is 4.79 Å². The first-order valence-corrected chi connectivity index (χ1v) is 4.60. The summed E-state index contributed by atoms with van der Waals surface area (Å²) >= 11 is 0. The molecular formula is C9H12F3N3O. The highest BCUT2D eigenvalue weighted by Crippen LogP contribution is 2.12. The predicted octanol–water partition coefficient (Wildman–Crippen LogP) is 0.625. The van der Waals surface area contributed by atoms with Gasteiger partial charge in [-0.05, 0) is 12.1 Å². The lowest BCUT2D eigenvalue weighted by Gasteiger charge is -2.10. The summed E-state index contributed by atoms with van der Waals surface area (Å²) in [6.45, 7) is -1.24. The van der Waals surface area contributed by atoms with Crippen LogP contribution in [0, 0.1) is 0 Å². The predicted molar refractivity (Wildman–Crippen MR) is 51.4 cm³/mol. The van der Waals surface area contributed by atoms with Crippen LogP contribution in [0.25, 0.3) is 0 Å². The van der Waals surface area contributed by atoms with Gasteiger partial charge in [0.25, 0.3) is 0 Å².